The summed E-state index contributed by atoms with van der Waals surface area (Å²) in [5, 5.41) is 2.82. The van der Waals surface area contributed by atoms with Gasteiger partial charge in [0.15, 0.2) is 0 Å². The fraction of sp³-hybridized carbons (Fsp3) is 0.161. The first kappa shape index (κ1) is 31.0. The number of rotatable bonds is 11. The van der Waals surface area contributed by atoms with Gasteiger partial charge in [0.25, 0.3) is 10.0 Å². The van der Waals surface area contributed by atoms with E-state index in [4.69, 9.17) is 23.2 Å². The molecule has 42 heavy (non-hydrogen) atoms. The summed E-state index contributed by atoms with van der Waals surface area (Å²) >= 11 is 12.1. The number of halogens is 3. The standard InChI is InChI=1S/C31H28Cl2FN3O4S/c1-35-31(39)29(18-22-8-4-2-5-9-22)36(20-23-12-14-24(32)15-13-23)30(38)21-37(25-16-17-28(34)27(33)19-25)42(40,41)26-10-6-3-7-11-26/h2-17,19,29H,18,20-21H2,1H3,(H,35,39)/t29-/m1/s1. The van der Waals surface area contributed by atoms with Crippen molar-refractivity contribution < 1.29 is 22.4 Å². The van der Waals surface area contributed by atoms with Crippen LogP contribution in [0.1, 0.15) is 11.1 Å². The van der Waals surface area contributed by atoms with Crippen LogP contribution in [0, 0.1) is 5.82 Å². The first-order chi connectivity index (χ1) is 20.1. The number of nitrogens with zero attached hydrogens (tertiary/aromatic N) is 2. The molecule has 4 aromatic rings. The maximum atomic E-state index is 14.2. The van der Waals surface area contributed by atoms with Crippen LogP contribution in [-0.2, 0) is 32.6 Å². The Morgan fingerprint density at radius 1 is 0.857 bits per heavy atom. The fourth-order valence-corrected chi connectivity index (χ4v) is 6.12. The molecular weight excluding hydrogens is 600 g/mol. The van der Waals surface area contributed by atoms with Crippen molar-refractivity contribution in [2.24, 2.45) is 0 Å². The summed E-state index contributed by atoms with van der Waals surface area (Å²) in [5.41, 5.74) is 1.47. The van der Waals surface area contributed by atoms with Crippen molar-refractivity contribution in [3.05, 3.63) is 130 Å². The average Bonchev–Trinajstić information content (AvgIpc) is 3.00. The molecule has 0 bridgehead atoms. The minimum Gasteiger partial charge on any atom is -0.357 e. The summed E-state index contributed by atoms with van der Waals surface area (Å²) in [5.74, 6) is -1.83. The summed E-state index contributed by atoms with van der Waals surface area (Å²) in [7, 11) is -2.84. The Kier molecular flexibility index (Phi) is 10.2. The van der Waals surface area contributed by atoms with E-state index in [1.54, 1.807) is 42.5 Å². The summed E-state index contributed by atoms with van der Waals surface area (Å²) in [6, 6.07) is 25.9. The highest BCUT2D eigenvalue weighted by atomic mass is 35.5. The van der Waals surface area contributed by atoms with Gasteiger partial charge in [0.05, 0.1) is 15.6 Å². The van der Waals surface area contributed by atoms with E-state index >= 15 is 0 Å². The zero-order valence-corrected chi connectivity index (χ0v) is 24.9. The normalized spacial score (nSPS) is 11.9. The van der Waals surface area contributed by atoms with E-state index in [-0.39, 0.29) is 28.6 Å². The number of sulfonamides is 1. The van der Waals surface area contributed by atoms with Crippen molar-refractivity contribution in [3.8, 4) is 0 Å². The number of amides is 2. The molecule has 7 nitrogen and oxygen atoms in total. The number of benzene rings is 4. The number of hydrogen-bond donors (Lipinski definition) is 1. The Hall–Kier alpha value is -3.92. The van der Waals surface area contributed by atoms with Crippen LogP contribution in [0.5, 0.6) is 0 Å². The van der Waals surface area contributed by atoms with Crippen LogP contribution in [0.15, 0.2) is 108 Å². The van der Waals surface area contributed by atoms with E-state index in [2.05, 4.69) is 5.32 Å². The second-order valence-corrected chi connectivity index (χ2v) is 12.1. The van der Waals surface area contributed by atoms with Crippen LogP contribution < -0.4 is 9.62 Å². The molecule has 0 saturated carbocycles. The van der Waals surface area contributed by atoms with Gasteiger partial charge < -0.3 is 10.2 Å². The molecule has 0 spiro atoms. The van der Waals surface area contributed by atoms with Gasteiger partial charge >= 0.3 is 0 Å². The molecule has 0 unspecified atom stereocenters. The predicted octanol–water partition coefficient (Wildman–Crippen LogP) is 5.71. The Balaban J connectivity index is 1.79. The molecule has 1 N–H and O–H groups in total. The zero-order valence-electron chi connectivity index (χ0n) is 22.6. The van der Waals surface area contributed by atoms with Gasteiger partial charge in [0.1, 0.15) is 18.4 Å². The number of carbonyl (C=O) groups is 2. The third-order valence-corrected chi connectivity index (χ3v) is 8.91. The number of likely N-dealkylation sites (N-methyl/N-ethyl adjacent to an activating group) is 1. The quantitative estimate of drug-likeness (QED) is 0.231. The van der Waals surface area contributed by atoms with Gasteiger partial charge in [-0.2, -0.15) is 0 Å². The lowest BCUT2D eigenvalue weighted by Crippen LogP contribution is -2.53. The van der Waals surface area contributed by atoms with Crippen LogP contribution in [0.4, 0.5) is 10.1 Å². The Bertz CT molecular complexity index is 1640. The van der Waals surface area contributed by atoms with Crippen molar-refractivity contribution in [1.82, 2.24) is 10.2 Å². The highest BCUT2D eigenvalue weighted by Crippen LogP contribution is 2.28. The SMILES string of the molecule is CNC(=O)[C@@H](Cc1ccccc1)N(Cc1ccc(Cl)cc1)C(=O)CN(c1ccc(F)c(Cl)c1)S(=O)(=O)c1ccccc1. The molecule has 0 heterocycles. The van der Waals surface area contributed by atoms with Gasteiger partial charge in [-0.1, -0.05) is 83.9 Å². The van der Waals surface area contributed by atoms with E-state index in [9.17, 15) is 22.4 Å². The van der Waals surface area contributed by atoms with Crippen LogP contribution in [-0.4, -0.2) is 44.8 Å². The maximum absolute atomic E-state index is 14.2. The second-order valence-electron chi connectivity index (χ2n) is 9.39. The summed E-state index contributed by atoms with van der Waals surface area (Å²) in [6.07, 6.45) is 0.174. The second kappa shape index (κ2) is 13.8. The third kappa shape index (κ3) is 7.47. The molecule has 4 aromatic carbocycles. The van der Waals surface area contributed by atoms with Gasteiger partial charge in [-0.25, -0.2) is 12.8 Å². The lowest BCUT2D eigenvalue weighted by molar-refractivity contribution is -0.139. The number of anilines is 1. The van der Waals surface area contributed by atoms with Gasteiger partial charge in [0, 0.05) is 25.0 Å². The van der Waals surface area contributed by atoms with E-state index in [1.807, 2.05) is 30.3 Å². The average molecular weight is 629 g/mol. The van der Waals surface area contributed by atoms with Crippen LogP contribution in [0.25, 0.3) is 0 Å². The molecule has 0 aromatic heterocycles. The molecule has 218 valence electrons. The van der Waals surface area contributed by atoms with Crippen molar-refractivity contribution in [1.29, 1.82) is 0 Å². The van der Waals surface area contributed by atoms with Crippen molar-refractivity contribution in [3.63, 3.8) is 0 Å². The molecule has 0 aliphatic heterocycles. The maximum Gasteiger partial charge on any atom is 0.264 e. The fourth-order valence-electron chi connectivity index (χ4n) is 4.40. The monoisotopic (exact) mass is 627 g/mol. The van der Waals surface area contributed by atoms with Gasteiger partial charge in [0.2, 0.25) is 11.8 Å². The first-order valence-corrected chi connectivity index (χ1v) is 15.1. The molecule has 0 saturated heterocycles. The third-order valence-electron chi connectivity index (χ3n) is 6.58. The molecule has 0 aliphatic carbocycles. The highest BCUT2D eigenvalue weighted by molar-refractivity contribution is 7.92. The number of carbonyl (C=O) groups excluding carboxylic acids is 2. The zero-order chi connectivity index (χ0) is 30.3. The molecule has 0 fully saturated rings. The lowest BCUT2D eigenvalue weighted by Gasteiger charge is -2.33. The molecular formula is C31H28Cl2FN3O4S. The largest absolute Gasteiger partial charge is 0.357 e. The van der Waals surface area contributed by atoms with E-state index in [0.717, 1.165) is 22.0 Å². The predicted molar refractivity (Wildman–Crippen MR) is 162 cm³/mol. The minimum absolute atomic E-state index is 0.00960. The molecule has 2 amide bonds. The van der Waals surface area contributed by atoms with Gasteiger partial charge in [-0.15, -0.1) is 0 Å². The van der Waals surface area contributed by atoms with Crippen LogP contribution >= 0.6 is 23.2 Å². The minimum atomic E-state index is -4.31. The molecule has 1 atom stereocenters. The number of hydrogen-bond acceptors (Lipinski definition) is 4. The topological polar surface area (TPSA) is 86.8 Å². The summed E-state index contributed by atoms with van der Waals surface area (Å²) in [6.45, 7) is -0.695. The van der Waals surface area contributed by atoms with Gasteiger partial charge in [-0.3, -0.25) is 13.9 Å². The van der Waals surface area contributed by atoms with Crippen molar-refractivity contribution >= 4 is 50.7 Å². The Morgan fingerprint density at radius 3 is 2.07 bits per heavy atom. The summed E-state index contributed by atoms with van der Waals surface area (Å²) < 4.78 is 42.6. The van der Waals surface area contributed by atoms with Gasteiger partial charge in [-0.05, 0) is 53.6 Å². The first-order valence-electron chi connectivity index (χ1n) is 12.9. The molecule has 0 radical (unpaired) electrons. The molecule has 4 rings (SSSR count). The Morgan fingerprint density at radius 2 is 1.48 bits per heavy atom. The number of nitrogens with one attached hydrogen (secondary N) is 1. The Labute approximate surface area is 254 Å². The highest BCUT2D eigenvalue weighted by Gasteiger charge is 2.34. The lowest BCUT2D eigenvalue weighted by atomic mass is 10.0. The van der Waals surface area contributed by atoms with Crippen molar-refractivity contribution in [2.75, 3.05) is 17.9 Å². The van der Waals surface area contributed by atoms with Crippen LogP contribution in [0.3, 0.4) is 0 Å². The van der Waals surface area contributed by atoms with E-state index in [1.165, 1.54) is 30.1 Å². The smallest absolute Gasteiger partial charge is 0.264 e. The molecule has 11 heteroatoms. The van der Waals surface area contributed by atoms with Crippen LogP contribution in [0.2, 0.25) is 10.0 Å². The van der Waals surface area contributed by atoms with Crippen molar-refractivity contribution in [2.45, 2.75) is 23.9 Å². The van der Waals surface area contributed by atoms with E-state index < -0.39 is 40.2 Å². The molecule has 0 aliphatic rings. The van der Waals surface area contributed by atoms with E-state index in [0.29, 0.717) is 10.6 Å². The summed E-state index contributed by atoms with van der Waals surface area (Å²) in [4.78, 5) is 28.7.